The molecular formula is C19H14N4O3S. The van der Waals surface area contributed by atoms with E-state index in [1.165, 1.54) is 12.1 Å². The highest BCUT2D eigenvalue weighted by Crippen LogP contribution is 2.31. The molecule has 0 atom stereocenters. The van der Waals surface area contributed by atoms with E-state index in [1.54, 1.807) is 29.8 Å². The normalized spacial score (nSPS) is 10.9. The Hall–Kier alpha value is -3.52. The molecule has 0 saturated heterocycles. The van der Waals surface area contributed by atoms with Gasteiger partial charge in [0.25, 0.3) is 5.69 Å². The lowest BCUT2D eigenvalue weighted by Crippen LogP contribution is -1.94. The number of aromatic amines is 1. The van der Waals surface area contributed by atoms with Gasteiger partial charge in [0.15, 0.2) is 0 Å². The molecule has 4 aromatic rings. The Morgan fingerprint density at radius 1 is 1.15 bits per heavy atom. The van der Waals surface area contributed by atoms with Gasteiger partial charge in [0, 0.05) is 41.2 Å². The summed E-state index contributed by atoms with van der Waals surface area (Å²) in [6.45, 7) is 0. The third-order valence-electron chi connectivity index (χ3n) is 4.28. The Morgan fingerprint density at radius 2 is 1.89 bits per heavy atom. The molecule has 0 bridgehead atoms. The summed E-state index contributed by atoms with van der Waals surface area (Å²) >= 11 is 5.66. The van der Waals surface area contributed by atoms with Crippen LogP contribution in [0.5, 0.6) is 5.75 Å². The molecule has 2 aromatic heterocycles. The van der Waals surface area contributed by atoms with E-state index in [9.17, 15) is 10.1 Å². The standard InChI is InChI=1S/C19H14N4O3S/c1-26-17-5-3-2-4-14(17)15-10-20-19-21-16(11-22(19)18(15)27)12-6-8-13(9-7-12)23(24)25/h2-11H,1H3,(H,20,21). The molecule has 4 rings (SSSR count). The zero-order chi connectivity index (χ0) is 19.0. The highest BCUT2D eigenvalue weighted by Gasteiger charge is 2.12. The zero-order valence-corrected chi connectivity index (χ0v) is 15.1. The van der Waals surface area contributed by atoms with Crippen LogP contribution in [0.15, 0.2) is 60.9 Å². The highest BCUT2D eigenvalue weighted by atomic mass is 32.1. The second-order valence-electron chi connectivity index (χ2n) is 5.84. The van der Waals surface area contributed by atoms with E-state index in [1.807, 2.05) is 30.5 Å². The van der Waals surface area contributed by atoms with Crippen molar-refractivity contribution in [3.05, 3.63) is 75.7 Å². The van der Waals surface area contributed by atoms with Gasteiger partial charge in [-0.2, -0.15) is 0 Å². The number of nitro benzene ring substituents is 1. The Morgan fingerprint density at radius 3 is 2.59 bits per heavy atom. The number of methoxy groups -OCH3 is 1. The topological polar surface area (TPSA) is 85.5 Å². The van der Waals surface area contributed by atoms with E-state index in [0.717, 1.165) is 28.1 Å². The summed E-state index contributed by atoms with van der Waals surface area (Å²) < 4.78 is 7.80. The van der Waals surface area contributed by atoms with E-state index in [-0.39, 0.29) is 5.69 Å². The molecule has 0 amide bonds. The van der Waals surface area contributed by atoms with Crippen molar-refractivity contribution >= 4 is 23.7 Å². The molecular weight excluding hydrogens is 364 g/mol. The first kappa shape index (κ1) is 16.9. The van der Waals surface area contributed by atoms with Crippen molar-refractivity contribution in [1.29, 1.82) is 0 Å². The van der Waals surface area contributed by atoms with Gasteiger partial charge in [-0.25, -0.2) is 4.98 Å². The van der Waals surface area contributed by atoms with Gasteiger partial charge in [-0.05, 0) is 18.2 Å². The predicted octanol–water partition coefficient (Wildman–Crippen LogP) is 4.64. The molecule has 0 spiro atoms. The monoisotopic (exact) mass is 378 g/mol. The van der Waals surface area contributed by atoms with Gasteiger partial charge in [-0.3, -0.25) is 14.5 Å². The van der Waals surface area contributed by atoms with E-state index in [4.69, 9.17) is 17.0 Å². The summed E-state index contributed by atoms with van der Waals surface area (Å²) in [5, 5.41) is 10.8. The average molecular weight is 378 g/mol. The molecule has 0 saturated carbocycles. The van der Waals surface area contributed by atoms with Crippen LogP contribution in [0.2, 0.25) is 0 Å². The van der Waals surface area contributed by atoms with Gasteiger partial charge in [-0.1, -0.05) is 30.4 Å². The fourth-order valence-electron chi connectivity index (χ4n) is 2.92. The van der Waals surface area contributed by atoms with Crippen LogP contribution in [0.1, 0.15) is 0 Å². The molecule has 0 aliphatic carbocycles. The Labute approximate surface area is 159 Å². The molecule has 134 valence electrons. The van der Waals surface area contributed by atoms with E-state index >= 15 is 0 Å². The van der Waals surface area contributed by atoms with Crippen molar-refractivity contribution in [2.45, 2.75) is 0 Å². The van der Waals surface area contributed by atoms with Crippen LogP contribution in [-0.2, 0) is 0 Å². The second kappa shape index (κ2) is 6.65. The molecule has 2 heterocycles. The number of nitrogens with zero attached hydrogens (tertiary/aromatic N) is 3. The number of para-hydroxylation sites is 1. The van der Waals surface area contributed by atoms with Gasteiger partial charge < -0.3 is 9.72 Å². The first-order valence-corrected chi connectivity index (χ1v) is 8.48. The summed E-state index contributed by atoms with van der Waals surface area (Å²) in [5.74, 6) is 1.31. The lowest BCUT2D eigenvalue weighted by Gasteiger charge is -2.08. The number of H-pyrrole nitrogens is 1. The van der Waals surface area contributed by atoms with Gasteiger partial charge in [0.1, 0.15) is 10.4 Å². The maximum atomic E-state index is 10.8. The van der Waals surface area contributed by atoms with Crippen molar-refractivity contribution < 1.29 is 9.66 Å². The lowest BCUT2D eigenvalue weighted by atomic mass is 10.1. The highest BCUT2D eigenvalue weighted by molar-refractivity contribution is 7.71. The molecule has 0 radical (unpaired) electrons. The van der Waals surface area contributed by atoms with E-state index in [2.05, 4.69) is 9.97 Å². The van der Waals surface area contributed by atoms with Crippen LogP contribution >= 0.6 is 12.2 Å². The Balaban J connectivity index is 1.83. The second-order valence-corrected chi connectivity index (χ2v) is 6.23. The molecule has 0 aliphatic heterocycles. The van der Waals surface area contributed by atoms with Crippen LogP contribution in [0.25, 0.3) is 28.2 Å². The fraction of sp³-hybridized carbons (Fsp3) is 0.0526. The van der Waals surface area contributed by atoms with Crippen molar-refractivity contribution in [1.82, 2.24) is 14.4 Å². The molecule has 1 N–H and O–H groups in total. The molecule has 27 heavy (non-hydrogen) atoms. The molecule has 0 aliphatic rings. The number of imidazole rings is 1. The fourth-order valence-corrected chi connectivity index (χ4v) is 3.23. The summed E-state index contributed by atoms with van der Waals surface area (Å²) in [7, 11) is 1.62. The van der Waals surface area contributed by atoms with Gasteiger partial charge >= 0.3 is 0 Å². The van der Waals surface area contributed by atoms with Crippen LogP contribution in [-0.4, -0.2) is 26.4 Å². The largest absolute Gasteiger partial charge is 0.496 e. The first-order chi connectivity index (χ1) is 13.1. The van der Waals surface area contributed by atoms with Crippen molar-refractivity contribution in [2.24, 2.45) is 0 Å². The SMILES string of the molecule is COc1ccccc1-c1cnc2[nH]c(-c3ccc([N+](=O)[O-])cc3)cn2c1=S. The van der Waals surface area contributed by atoms with Crippen LogP contribution in [0.4, 0.5) is 5.69 Å². The summed E-state index contributed by atoms with van der Waals surface area (Å²) in [5.41, 5.74) is 3.27. The minimum Gasteiger partial charge on any atom is -0.496 e. The minimum atomic E-state index is -0.424. The third kappa shape index (κ3) is 2.96. The summed E-state index contributed by atoms with van der Waals surface area (Å²) in [6.07, 6.45) is 3.55. The van der Waals surface area contributed by atoms with Gasteiger partial charge in [0.05, 0.1) is 17.7 Å². The first-order valence-electron chi connectivity index (χ1n) is 8.07. The Bertz CT molecular complexity index is 1210. The predicted molar refractivity (Wildman–Crippen MR) is 104 cm³/mol. The van der Waals surface area contributed by atoms with Crippen LogP contribution in [0, 0.1) is 14.8 Å². The minimum absolute atomic E-state index is 0.0445. The maximum absolute atomic E-state index is 10.8. The molecule has 0 unspecified atom stereocenters. The van der Waals surface area contributed by atoms with Crippen molar-refractivity contribution in [3.8, 4) is 28.1 Å². The van der Waals surface area contributed by atoms with Crippen LogP contribution < -0.4 is 4.74 Å². The number of aromatic nitrogens is 3. The molecule has 8 heteroatoms. The third-order valence-corrected chi connectivity index (χ3v) is 4.70. The quantitative estimate of drug-likeness (QED) is 0.318. The lowest BCUT2D eigenvalue weighted by molar-refractivity contribution is -0.384. The molecule has 7 nitrogen and oxygen atoms in total. The van der Waals surface area contributed by atoms with E-state index in [0.29, 0.717) is 10.4 Å². The number of rotatable bonds is 4. The molecule has 0 fully saturated rings. The summed E-state index contributed by atoms with van der Waals surface area (Å²) in [4.78, 5) is 18.0. The smallest absolute Gasteiger partial charge is 0.269 e. The number of nitro groups is 1. The summed E-state index contributed by atoms with van der Waals surface area (Å²) in [6, 6.07) is 13.9. The van der Waals surface area contributed by atoms with Gasteiger partial charge in [-0.15, -0.1) is 0 Å². The maximum Gasteiger partial charge on any atom is 0.269 e. The van der Waals surface area contributed by atoms with Crippen LogP contribution in [0.3, 0.4) is 0 Å². The number of fused-ring (bicyclic) bond motifs is 1. The van der Waals surface area contributed by atoms with E-state index < -0.39 is 4.92 Å². The number of hydrogen-bond acceptors (Lipinski definition) is 5. The zero-order valence-electron chi connectivity index (χ0n) is 14.2. The van der Waals surface area contributed by atoms with Gasteiger partial charge in [0.2, 0.25) is 5.78 Å². The number of hydrogen-bond donors (Lipinski definition) is 1. The number of ether oxygens (including phenoxy) is 1. The molecule has 2 aromatic carbocycles. The van der Waals surface area contributed by atoms with Crippen molar-refractivity contribution in [3.63, 3.8) is 0 Å². The average Bonchev–Trinajstić information content (AvgIpc) is 3.14. The van der Waals surface area contributed by atoms with Crippen molar-refractivity contribution in [2.75, 3.05) is 7.11 Å². The number of benzene rings is 2. The number of nitrogens with one attached hydrogen (secondary N) is 1. The Kier molecular flexibility index (Phi) is 4.17. The number of non-ortho nitro benzene ring substituents is 1.